The zero-order valence-corrected chi connectivity index (χ0v) is 11.8. The van der Waals surface area contributed by atoms with Crippen molar-refractivity contribution in [1.29, 1.82) is 0 Å². The zero-order chi connectivity index (χ0) is 14.6. The van der Waals surface area contributed by atoms with Crippen LogP contribution in [0.1, 0.15) is 19.4 Å². The molecule has 0 fully saturated rings. The van der Waals surface area contributed by atoms with E-state index in [0.717, 1.165) is 23.9 Å². The number of thioether (sulfide) groups is 1. The molecule has 0 aliphatic heterocycles. The molecule has 0 radical (unpaired) electrons. The molecule has 0 spiro atoms. The van der Waals surface area contributed by atoms with Crippen LogP contribution in [0.5, 0.6) is 0 Å². The average Bonchev–Trinajstić information content (AvgIpc) is 2.32. The third-order valence-electron chi connectivity index (χ3n) is 2.99. The van der Waals surface area contributed by atoms with Crippen molar-refractivity contribution in [3.05, 3.63) is 35.4 Å². The molecule has 1 aromatic rings. The minimum absolute atomic E-state index is 0.109. The number of hydrogen-bond donors (Lipinski definition) is 1. The molecule has 0 aliphatic carbocycles. The molecule has 3 nitrogen and oxygen atoms in total. The topological polar surface area (TPSA) is 46.5 Å². The number of rotatable bonds is 5. The minimum Gasteiger partial charge on any atom is -0.461 e. The second-order valence-corrected chi connectivity index (χ2v) is 5.26. The van der Waals surface area contributed by atoms with Crippen LogP contribution in [0.4, 0.5) is 8.78 Å². The predicted octanol–water partition coefficient (Wildman–Crippen LogP) is 2.47. The van der Waals surface area contributed by atoms with Crippen LogP contribution in [0.2, 0.25) is 0 Å². The van der Waals surface area contributed by atoms with E-state index < -0.39 is 35.1 Å². The molecular weight excluding hydrogens is 274 g/mol. The standard InChI is InChI=1S/C13H16F2O3S/c1-8(18-9(2)17)13(7-16,19-3)11-5-4-10(14)6-12(11)15/h4-6,8,16H,7H2,1-3H3/t8-,13+/m0/s1. The summed E-state index contributed by atoms with van der Waals surface area (Å²) >= 11 is 1.15. The van der Waals surface area contributed by atoms with Crippen LogP contribution in [0, 0.1) is 11.6 Å². The monoisotopic (exact) mass is 290 g/mol. The fraction of sp³-hybridized carbons (Fsp3) is 0.462. The highest BCUT2D eigenvalue weighted by Gasteiger charge is 2.41. The van der Waals surface area contributed by atoms with E-state index in [-0.39, 0.29) is 5.56 Å². The molecule has 1 rings (SSSR count). The van der Waals surface area contributed by atoms with Gasteiger partial charge < -0.3 is 9.84 Å². The van der Waals surface area contributed by atoms with Gasteiger partial charge in [0.15, 0.2) is 0 Å². The highest BCUT2D eigenvalue weighted by atomic mass is 32.2. The Hall–Kier alpha value is -1.14. The van der Waals surface area contributed by atoms with Gasteiger partial charge in [0.25, 0.3) is 0 Å². The van der Waals surface area contributed by atoms with Gasteiger partial charge in [-0.15, -0.1) is 11.8 Å². The van der Waals surface area contributed by atoms with E-state index in [1.807, 2.05) is 0 Å². The van der Waals surface area contributed by atoms with Crippen LogP contribution in [-0.4, -0.2) is 30.0 Å². The highest BCUT2D eigenvalue weighted by molar-refractivity contribution is 7.99. The van der Waals surface area contributed by atoms with Gasteiger partial charge in [0.1, 0.15) is 22.5 Å². The molecular formula is C13H16F2O3S. The normalized spacial score (nSPS) is 15.7. The van der Waals surface area contributed by atoms with Crippen molar-refractivity contribution < 1.29 is 23.4 Å². The predicted molar refractivity (Wildman–Crippen MR) is 69.9 cm³/mol. The maximum Gasteiger partial charge on any atom is 0.302 e. The summed E-state index contributed by atoms with van der Waals surface area (Å²) in [5.41, 5.74) is 0.109. The van der Waals surface area contributed by atoms with E-state index in [1.54, 1.807) is 13.2 Å². The summed E-state index contributed by atoms with van der Waals surface area (Å²) < 4.78 is 30.8. The summed E-state index contributed by atoms with van der Waals surface area (Å²) in [5, 5.41) is 9.63. The molecule has 106 valence electrons. The van der Waals surface area contributed by atoms with Crippen molar-refractivity contribution in [2.75, 3.05) is 12.9 Å². The van der Waals surface area contributed by atoms with Crippen molar-refractivity contribution in [2.24, 2.45) is 0 Å². The molecule has 0 unspecified atom stereocenters. The van der Waals surface area contributed by atoms with Gasteiger partial charge in [-0.2, -0.15) is 0 Å². The van der Waals surface area contributed by atoms with Gasteiger partial charge in [-0.05, 0) is 19.2 Å². The Labute approximate surface area is 115 Å². The Bertz CT molecular complexity index is 461. The third kappa shape index (κ3) is 3.25. The molecule has 0 saturated carbocycles. The Morgan fingerprint density at radius 2 is 2.16 bits per heavy atom. The van der Waals surface area contributed by atoms with Gasteiger partial charge in [-0.1, -0.05) is 6.07 Å². The molecule has 0 saturated heterocycles. The molecule has 6 heteroatoms. The molecule has 0 amide bonds. The molecule has 0 aliphatic rings. The fourth-order valence-corrected chi connectivity index (χ4v) is 2.84. The van der Waals surface area contributed by atoms with Crippen LogP contribution in [0.15, 0.2) is 18.2 Å². The van der Waals surface area contributed by atoms with Crippen LogP contribution in [-0.2, 0) is 14.3 Å². The number of hydrogen-bond acceptors (Lipinski definition) is 4. The lowest BCUT2D eigenvalue weighted by Crippen LogP contribution is -2.41. The Balaban J connectivity index is 3.28. The van der Waals surface area contributed by atoms with Gasteiger partial charge in [0.05, 0.1) is 6.61 Å². The van der Waals surface area contributed by atoms with Gasteiger partial charge in [0.2, 0.25) is 0 Å². The SMILES string of the molecule is CS[C@@](CO)(c1ccc(F)cc1F)[C@H](C)OC(C)=O. The van der Waals surface area contributed by atoms with Gasteiger partial charge >= 0.3 is 5.97 Å². The van der Waals surface area contributed by atoms with E-state index in [0.29, 0.717) is 0 Å². The molecule has 1 N–H and O–H groups in total. The highest BCUT2D eigenvalue weighted by Crippen LogP contribution is 2.40. The maximum absolute atomic E-state index is 13.9. The first kappa shape index (κ1) is 15.9. The number of aliphatic hydroxyl groups excluding tert-OH is 1. The summed E-state index contributed by atoms with van der Waals surface area (Å²) in [6.07, 6.45) is 0.906. The van der Waals surface area contributed by atoms with E-state index in [1.165, 1.54) is 13.0 Å². The lowest BCUT2D eigenvalue weighted by atomic mass is 9.93. The van der Waals surface area contributed by atoms with Crippen LogP contribution < -0.4 is 0 Å². The zero-order valence-electron chi connectivity index (χ0n) is 10.9. The number of halogens is 2. The van der Waals surface area contributed by atoms with Crippen molar-refractivity contribution in [1.82, 2.24) is 0 Å². The molecule has 19 heavy (non-hydrogen) atoms. The first-order valence-electron chi connectivity index (χ1n) is 5.66. The molecule has 0 heterocycles. The lowest BCUT2D eigenvalue weighted by Gasteiger charge is -2.35. The van der Waals surface area contributed by atoms with Crippen molar-refractivity contribution in [3.8, 4) is 0 Å². The molecule has 2 atom stereocenters. The number of ether oxygens (including phenoxy) is 1. The number of carbonyl (C=O) groups is 1. The van der Waals surface area contributed by atoms with E-state index in [2.05, 4.69) is 0 Å². The number of esters is 1. The third-order valence-corrected chi connectivity index (χ3v) is 4.40. The van der Waals surface area contributed by atoms with Crippen molar-refractivity contribution in [2.45, 2.75) is 24.7 Å². The first-order valence-corrected chi connectivity index (χ1v) is 6.88. The summed E-state index contributed by atoms with van der Waals surface area (Å²) in [5.74, 6) is -2.00. The van der Waals surface area contributed by atoms with E-state index in [9.17, 15) is 18.7 Å². The molecule has 0 aromatic heterocycles. The van der Waals surface area contributed by atoms with Crippen LogP contribution in [0.25, 0.3) is 0 Å². The Morgan fingerprint density at radius 1 is 1.53 bits per heavy atom. The lowest BCUT2D eigenvalue weighted by molar-refractivity contribution is -0.147. The van der Waals surface area contributed by atoms with E-state index >= 15 is 0 Å². The molecule has 1 aromatic carbocycles. The second kappa shape index (κ2) is 6.34. The van der Waals surface area contributed by atoms with Crippen LogP contribution in [0.3, 0.4) is 0 Å². The largest absolute Gasteiger partial charge is 0.461 e. The minimum atomic E-state index is -1.16. The summed E-state index contributed by atoms with van der Waals surface area (Å²) in [6, 6.07) is 3.12. The fourth-order valence-electron chi connectivity index (χ4n) is 1.95. The van der Waals surface area contributed by atoms with Crippen molar-refractivity contribution in [3.63, 3.8) is 0 Å². The number of aliphatic hydroxyl groups is 1. The number of carbonyl (C=O) groups excluding carboxylic acids is 1. The summed E-state index contributed by atoms with van der Waals surface area (Å²) in [6.45, 7) is 2.36. The quantitative estimate of drug-likeness (QED) is 0.846. The summed E-state index contributed by atoms with van der Waals surface area (Å²) in [7, 11) is 0. The Kier molecular flexibility index (Phi) is 5.31. The van der Waals surface area contributed by atoms with Gasteiger partial charge in [0, 0.05) is 18.6 Å². The van der Waals surface area contributed by atoms with Crippen LogP contribution >= 0.6 is 11.8 Å². The molecule has 0 bridgehead atoms. The number of benzene rings is 1. The van der Waals surface area contributed by atoms with Gasteiger partial charge in [-0.25, -0.2) is 8.78 Å². The van der Waals surface area contributed by atoms with E-state index in [4.69, 9.17) is 4.74 Å². The summed E-state index contributed by atoms with van der Waals surface area (Å²) in [4.78, 5) is 11.0. The van der Waals surface area contributed by atoms with Crippen molar-refractivity contribution >= 4 is 17.7 Å². The average molecular weight is 290 g/mol. The maximum atomic E-state index is 13.9. The second-order valence-electron chi connectivity index (χ2n) is 4.13. The smallest absolute Gasteiger partial charge is 0.302 e. The first-order chi connectivity index (χ1) is 8.87. The van der Waals surface area contributed by atoms with Gasteiger partial charge in [-0.3, -0.25) is 4.79 Å². The Morgan fingerprint density at radius 3 is 2.58 bits per heavy atom.